The summed E-state index contributed by atoms with van der Waals surface area (Å²) in [6.07, 6.45) is 4.39. The number of nitro groups is 1. The van der Waals surface area contributed by atoms with Crippen LogP contribution in [0.25, 0.3) is 0 Å². The van der Waals surface area contributed by atoms with Crippen LogP contribution in [0.1, 0.15) is 55.3 Å². The third kappa shape index (κ3) is 2.28. The molecule has 3 heterocycles. The van der Waals surface area contributed by atoms with Gasteiger partial charge >= 0.3 is 5.69 Å². The molecule has 1 aliphatic heterocycles. The Kier molecular flexibility index (Phi) is 3.67. The number of hydrogen-bond acceptors (Lipinski definition) is 5. The lowest BCUT2D eigenvalue weighted by Gasteiger charge is -2.15. The van der Waals surface area contributed by atoms with Crippen molar-refractivity contribution in [2.24, 2.45) is 0 Å². The first-order valence-corrected chi connectivity index (χ1v) is 7.62. The zero-order valence-corrected chi connectivity index (χ0v) is 13.1. The lowest BCUT2D eigenvalue weighted by molar-refractivity contribution is -0.386. The monoisotopic (exact) mass is 304 g/mol. The second kappa shape index (κ2) is 5.51. The summed E-state index contributed by atoms with van der Waals surface area (Å²) >= 11 is 0. The van der Waals surface area contributed by atoms with E-state index in [1.165, 1.54) is 6.42 Å². The van der Waals surface area contributed by atoms with Crippen molar-refractivity contribution in [3.8, 4) is 0 Å². The summed E-state index contributed by atoms with van der Waals surface area (Å²) in [5.74, 6) is 1.84. The lowest BCUT2D eigenvalue weighted by atomic mass is 10.2. The van der Waals surface area contributed by atoms with Gasteiger partial charge in [0.15, 0.2) is 5.82 Å². The number of nitrogens with zero attached hydrogens (tertiary/aromatic N) is 6. The van der Waals surface area contributed by atoms with E-state index >= 15 is 0 Å². The molecule has 118 valence electrons. The molecule has 8 nitrogen and oxygen atoms in total. The number of aromatic nitrogens is 5. The van der Waals surface area contributed by atoms with Gasteiger partial charge in [0.25, 0.3) is 0 Å². The van der Waals surface area contributed by atoms with Crippen molar-refractivity contribution in [1.29, 1.82) is 0 Å². The van der Waals surface area contributed by atoms with Gasteiger partial charge in [-0.25, -0.2) is 0 Å². The predicted octanol–water partition coefficient (Wildman–Crippen LogP) is 2.34. The van der Waals surface area contributed by atoms with Crippen LogP contribution in [0.5, 0.6) is 0 Å². The molecular formula is C14H20N6O2. The molecule has 0 spiro atoms. The van der Waals surface area contributed by atoms with E-state index in [9.17, 15) is 10.1 Å². The second-order valence-corrected chi connectivity index (χ2v) is 5.83. The summed E-state index contributed by atoms with van der Waals surface area (Å²) in [5, 5.41) is 24.1. The van der Waals surface area contributed by atoms with Crippen molar-refractivity contribution >= 4 is 5.69 Å². The topological polar surface area (TPSA) is 91.7 Å². The molecule has 0 radical (unpaired) electrons. The van der Waals surface area contributed by atoms with Crippen LogP contribution in [0.15, 0.2) is 0 Å². The standard InChI is InChI=1S/C14H20N6O2/c1-9-13(20(21)22)10(2)19(17-9)11(3)14-16-15-12-7-5-4-6-8-18(12)14/h11H,4-8H2,1-3H3. The average Bonchev–Trinajstić information content (AvgIpc) is 2.90. The summed E-state index contributed by atoms with van der Waals surface area (Å²) in [5.41, 5.74) is 1.08. The number of fused-ring (bicyclic) bond motifs is 1. The minimum atomic E-state index is -0.370. The number of hydrogen-bond donors (Lipinski definition) is 0. The van der Waals surface area contributed by atoms with Gasteiger partial charge in [-0.3, -0.25) is 14.8 Å². The van der Waals surface area contributed by atoms with E-state index in [1.807, 2.05) is 6.92 Å². The van der Waals surface area contributed by atoms with E-state index in [0.717, 1.165) is 37.5 Å². The van der Waals surface area contributed by atoms with Crippen LogP contribution in [0.3, 0.4) is 0 Å². The zero-order valence-electron chi connectivity index (χ0n) is 13.1. The largest absolute Gasteiger partial charge is 0.313 e. The summed E-state index contributed by atoms with van der Waals surface area (Å²) in [7, 11) is 0. The van der Waals surface area contributed by atoms with Gasteiger partial charge < -0.3 is 4.57 Å². The predicted molar refractivity (Wildman–Crippen MR) is 79.7 cm³/mol. The Hall–Kier alpha value is -2.25. The van der Waals surface area contributed by atoms with E-state index < -0.39 is 0 Å². The Labute approximate surface area is 128 Å². The summed E-state index contributed by atoms with van der Waals surface area (Å²) < 4.78 is 3.84. The van der Waals surface area contributed by atoms with Crippen LogP contribution in [-0.2, 0) is 13.0 Å². The van der Waals surface area contributed by atoms with E-state index in [2.05, 4.69) is 19.9 Å². The maximum Gasteiger partial charge on any atom is 0.312 e. The van der Waals surface area contributed by atoms with Crippen LogP contribution in [-0.4, -0.2) is 29.5 Å². The normalized spacial score (nSPS) is 16.1. The molecule has 1 atom stereocenters. The molecule has 0 N–H and O–H groups in total. The molecule has 0 aliphatic carbocycles. The lowest BCUT2D eigenvalue weighted by Crippen LogP contribution is -2.17. The molecule has 0 aromatic carbocycles. The molecule has 1 unspecified atom stereocenters. The zero-order chi connectivity index (χ0) is 15.9. The van der Waals surface area contributed by atoms with Gasteiger partial charge in [0.05, 0.1) is 4.92 Å². The molecule has 0 bridgehead atoms. The second-order valence-electron chi connectivity index (χ2n) is 5.83. The van der Waals surface area contributed by atoms with Crippen molar-refractivity contribution < 1.29 is 4.92 Å². The van der Waals surface area contributed by atoms with Crippen LogP contribution in [0.4, 0.5) is 5.69 Å². The van der Waals surface area contributed by atoms with Crippen molar-refractivity contribution in [3.05, 3.63) is 33.2 Å². The van der Waals surface area contributed by atoms with E-state index in [-0.39, 0.29) is 16.7 Å². The molecule has 2 aromatic heterocycles. The minimum Gasteiger partial charge on any atom is -0.313 e. The molecule has 0 fully saturated rings. The third-order valence-corrected chi connectivity index (χ3v) is 4.35. The highest BCUT2D eigenvalue weighted by Crippen LogP contribution is 2.28. The Bertz CT molecular complexity index is 717. The highest BCUT2D eigenvalue weighted by molar-refractivity contribution is 5.40. The van der Waals surface area contributed by atoms with E-state index in [0.29, 0.717) is 11.4 Å². The van der Waals surface area contributed by atoms with Gasteiger partial charge in [-0.05, 0) is 33.6 Å². The Morgan fingerprint density at radius 1 is 1.23 bits per heavy atom. The van der Waals surface area contributed by atoms with E-state index in [1.54, 1.807) is 18.5 Å². The van der Waals surface area contributed by atoms with E-state index in [4.69, 9.17) is 0 Å². The molecule has 0 amide bonds. The molecule has 3 rings (SSSR count). The van der Waals surface area contributed by atoms with Crippen LogP contribution >= 0.6 is 0 Å². The van der Waals surface area contributed by atoms with Gasteiger partial charge in [0, 0.05) is 13.0 Å². The summed E-state index contributed by atoms with van der Waals surface area (Å²) in [6, 6.07) is -0.174. The summed E-state index contributed by atoms with van der Waals surface area (Å²) in [6.45, 7) is 6.27. The van der Waals surface area contributed by atoms with Gasteiger partial charge in [-0.2, -0.15) is 5.10 Å². The Balaban J connectivity index is 2.02. The fraction of sp³-hybridized carbons (Fsp3) is 0.643. The first-order valence-electron chi connectivity index (χ1n) is 7.62. The maximum absolute atomic E-state index is 11.2. The molecular weight excluding hydrogens is 284 g/mol. The maximum atomic E-state index is 11.2. The van der Waals surface area contributed by atoms with Crippen molar-refractivity contribution in [3.63, 3.8) is 0 Å². The molecule has 8 heteroatoms. The third-order valence-electron chi connectivity index (χ3n) is 4.35. The summed E-state index contributed by atoms with van der Waals surface area (Å²) in [4.78, 5) is 10.8. The fourth-order valence-corrected chi connectivity index (χ4v) is 3.22. The highest BCUT2D eigenvalue weighted by Gasteiger charge is 2.27. The minimum absolute atomic E-state index is 0.0856. The molecule has 22 heavy (non-hydrogen) atoms. The first kappa shape index (κ1) is 14.7. The Morgan fingerprint density at radius 3 is 2.68 bits per heavy atom. The van der Waals surface area contributed by atoms with Crippen LogP contribution < -0.4 is 0 Å². The fourth-order valence-electron chi connectivity index (χ4n) is 3.22. The highest BCUT2D eigenvalue weighted by atomic mass is 16.6. The molecule has 1 aliphatic rings. The van der Waals surface area contributed by atoms with Gasteiger partial charge in [0.1, 0.15) is 23.3 Å². The van der Waals surface area contributed by atoms with Gasteiger partial charge in [-0.1, -0.05) is 6.42 Å². The van der Waals surface area contributed by atoms with Crippen LogP contribution in [0.2, 0.25) is 0 Å². The quantitative estimate of drug-likeness (QED) is 0.641. The van der Waals surface area contributed by atoms with Crippen molar-refractivity contribution in [2.45, 2.75) is 59.0 Å². The molecule has 0 saturated carbocycles. The molecule has 0 saturated heterocycles. The smallest absolute Gasteiger partial charge is 0.312 e. The van der Waals surface area contributed by atoms with Crippen molar-refractivity contribution in [1.82, 2.24) is 24.5 Å². The molecule has 2 aromatic rings. The number of aryl methyl sites for hydroxylation is 2. The SMILES string of the molecule is Cc1nn(C(C)c2nnc3n2CCCCC3)c(C)c1[N+](=O)[O-]. The number of rotatable bonds is 3. The van der Waals surface area contributed by atoms with Gasteiger partial charge in [-0.15, -0.1) is 10.2 Å². The average molecular weight is 304 g/mol. The first-order chi connectivity index (χ1) is 10.5. The van der Waals surface area contributed by atoms with Crippen molar-refractivity contribution in [2.75, 3.05) is 0 Å². The Morgan fingerprint density at radius 2 is 2.00 bits per heavy atom. The van der Waals surface area contributed by atoms with Crippen LogP contribution in [0, 0.1) is 24.0 Å². The van der Waals surface area contributed by atoms with Gasteiger partial charge in [0.2, 0.25) is 0 Å².